The van der Waals surface area contributed by atoms with Gasteiger partial charge in [0.2, 0.25) is 0 Å². The molecule has 0 amide bonds. The molecule has 0 N–H and O–H groups in total. The highest BCUT2D eigenvalue weighted by Gasteiger charge is 2.22. The number of halogens is 2. The van der Waals surface area contributed by atoms with E-state index in [1.807, 2.05) is 0 Å². The topological polar surface area (TPSA) is 0 Å². The Labute approximate surface area is 141 Å². The predicted molar refractivity (Wildman–Crippen MR) is 99.2 cm³/mol. The van der Waals surface area contributed by atoms with E-state index in [4.69, 9.17) is 23.2 Å². The number of benzene rings is 1. The van der Waals surface area contributed by atoms with Crippen LogP contribution in [-0.2, 0) is 0 Å². The Balaban J connectivity index is 1.83. The molecular weight excluding hydrogens is 315 g/mol. The predicted octanol–water partition coefficient (Wildman–Crippen LogP) is 6.76. The van der Waals surface area contributed by atoms with Crippen molar-refractivity contribution in [2.75, 3.05) is 0 Å². The van der Waals surface area contributed by atoms with Crippen LogP contribution in [0.5, 0.6) is 0 Å². The molecule has 0 aromatic heterocycles. The van der Waals surface area contributed by atoms with Crippen molar-refractivity contribution in [2.45, 2.75) is 63.1 Å². The van der Waals surface area contributed by atoms with Gasteiger partial charge in [-0.2, -0.15) is 0 Å². The van der Waals surface area contributed by atoms with E-state index in [9.17, 15) is 0 Å². The van der Waals surface area contributed by atoms with Crippen LogP contribution in [0.1, 0.15) is 56.1 Å². The molecular formula is C18H26Cl2Si. The van der Waals surface area contributed by atoms with Crippen LogP contribution in [0.3, 0.4) is 0 Å². The van der Waals surface area contributed by atoms with Crippen LogP contribution in [0.25, 0.3) is 6.08 Å². The average Bonchev–Trinajstić information content (AvgIpc) is 2.49. The normalized spacial score (nSPS) is 22.0. The van der Waals surface area contributed by atoms with Gasteiger partial charge in [0, 0.05) is 8.80 Å². The lowest BCUT2D eigenvalue weighted by atomic mass is 9.93. The molecule has 0 atom stereocenters. The molecule has 0 radical (unpaired) electrons. The number of unbranched alkanes of at least 4 members (excludes halogenated alkanes) is 2. The first-order chi connectivity index (χ1) is 10.2. The second-order valence-corrected chi connectivity index (χ2v) is 10.8. The molecule has 1 saturated heterocycles. The summed E-state index contributed by atoms with van der Waals surface area (Å²) < 4.78 is 0.321. The minimum atomic E-state index is -0.394. The van der Waals surface area contributed by atoms with Crippen molar-refractivity contribution in [1.82, 2.24) is 0 Å². The van der Waals surface area contributed by atoms with Gasteiger partial charge in [-0.15, -0.1) is 0 Å². The molecule has 1 aromatic rings. The van der Waals surface area contributed by atoms with E-state index >= 15 is 0 Å². The highest BCUT2D eigenvalue weighted by atomic mass is 35.5. The van der Waals surface area contributed by atoms with Gasteiger partial charge in [-0.05, 0) is 36.0 Å². The zero-order chi connectivity index (χ0) is 15.1. The van der Waals surface area contributed by atoms with Gasteiger partial charge < -0.3 is 0 Å². The summed E-state index contributed by atoms with van der Waals surface area (Å²) in [5.41, 5.74) is 2.58. The monoisotopic (exact) mass is 340 g/mol. The van der Waals surface area contributed by atoms with E-state index in [1.165, 1.54) is 37.7 Å². The van der Waals surface area contributed by atoms with E-state index in [-0.39, 0.29) is 0 Å². The average molecular weight is 341 g/mol. The first-order valence-corrected chi connectivity index (χ1v) is 11.5. The molecule has 0 unspecified atom stereocenters. The third-order valence-electron chi connectivity index (χ3n) is 4.75. The molecule has 0 bridgehead atoms. The fourth-order valence-corrected chi connectivity index (χ4v) is 7.19. The standard InChI is InChI=1S/C18H26Cl2Si/c1-2-3-4-11-21-12-9-17(10-13-21)16-7-5-15(6-8-16)14-18(19)20/h5-8,14,17,21H,2-4,9-13H2,1H3. The quantitative estimate of drug-likeness (QED) is 0.396. The Hall–Kier alpha value is -0.243. The van der Waals surface area contributed by atoms with E-state index < -0.39 is 8.80 Å². The van der Waals surface area contributed by atoms with Gasteiger partial charge in [-0.3, -0.25) is 0 Å². The van der Waals surface area contributed by atoms with Crippen molar-refractivity contribution < 1.29 is 0 Å². The molecule has 0 saturated carbocycles. The zero-order valence-electron chi connectivity index (χ0n) is 13.0. The molecule has 2 rings (SSSR count). The van der Waals surface area contributed by atoms with Gasteiger partial charge in [0.1, 0.15) is 4.49 Å². The first kappa shape index (κ1) is 17.1. The second kappa shape index (κ2) is 9.02. The van der Waals surface area contributed by atoms with Crippen LogP contribution in [-0.4, -0.2) is 8.80 Å². The maximum Gasteiger partial charge on any atom is 0.107 e. The maximum absolute atomic E-state index is 5.70. The molecule has 3 heteroatoms. The van der Waals surface area contributed by atoms with Crippen LogP contribution in [0.2, 0.25) is 18.1 Å². The summed E-state index contributed by atoms with van der Waals surface area (Å²) in [5.74, 6) is 0.782. The van der Waals surface area contributed by atoms with E-state index in [0.29, 0.717) is 4.49 Å². The summed E-state index contributed by atoms with van der Waals surface area (Å²) in [5, 5.41) is 0. The summed E-state index contributed by atoms with van der Waals surface area (Å²) in [4.78, 5) is 0. The molecule has 0 spiro atoms. The smallest absolute Gasteiger partial charge is 0.0709 e. The lowest BCUT2D eigenvalue weighted by Gasteiger charge is -2.28. The number of rotatable bonds is 6. The fourth-order valence-electron chi connectivity index (χ4n) is 3.46. The van der Waals surface area contributed by atoms with Crippen LogP contribution in [0.15, 0.2) is 28.8 Å². The lowest BCUT2D eigenvalue weighted by Crippen LogP contribution is -2.20. The molecule has 1 aliphatic heterocycles. The fraction of sp³-hybridized carbons (Fsp3) is 0.556. The minimum absolute atomic E-state index is 0.321. The Bertz CT molecular complexity index is 441. The lowest BCUT2D eigenvalue weighted by molar-refractivity contribution is 0.603. The van der Waals surface area contributed by atoms with Crippen molar-refractivity contribution in [1.29, 1.82) is 0 Å². The van der Waals surface area contributed by atoms with Crippen molar-refractivity contribution in [3.05, 3.63) is 39.9 Å². The molecule has 116 valence electrons. The molecule has 0 nitrogen and oxygen atoms in total. The molecule has 1 fully saturated rings. The van der Waals surface area contributed by atoms with Crippen molar-refractivity contribution in [3.63, 3.8) is 0 Å². The Morgan fingerprint density at radius 3 is 2.38 bits per heavy atom. The summed E-state index contributed by atoms with van der Waals surface area (Å²) in [7, 11) is -0.394. The maximum atomic E-state index is 5.70. The third kappa shape index (κ3) is 5.81. The zero-order valence-corrected chi connectivity index (χ0v) is 15.6. The highest BCUT2D eigenvalue weighted by molar-refractivity contribution is 6.59. The van der Waals surface area contributed by atoms with Gasteiger partial charge >= 0.3 is 0 Å². The summed E-state index contributed by atoms with van der Waals surface area (Å²) in [6.45, 7) is 2.30. The van der Waals surface area contributed by atoms with Crippen molar-refractivity contribution >= 4 is 38.1 Å². The van der Waals surface area contributed by atoms with E-state index in [2.05, 4.69) is 31.2 Å². The van der Waals surface area contributed by atoms with Crippen LogP contribution in [0, 0.1) is 0 Å². The Morgan fingerprint density at radius 1 is 1.14 bits per heavy atom. The number of hydrogen-bond acceptors (Lipinski definition) is 0. The molecule has 21 heavy (non-hydrogen) atoms. The summed E-state index contributed by atoms with van der Waals surface area (Å²) >= 11 is 11.4. The summed E-state index contributed by atoms with van der Waals surface area (Å²) in [6, 6.07) is 13.4. The Morgan fingerprint density at radius 2 is 1.81 bits per heavy atom. The van der Waals surface area contributed by atoms with E-state index in [0.717, 1.165) is 11.5 Å². The molecule has 1 aliphatic rings. The second-order valence-electron chi connectivity index (χ2n) is 6.31. The van der Waals surface area contributed by atoms with Gasteiger partial charge in [-0.25, -0.2) is 0 Å². The molecule has 0 aliphatic carbocycles. The van der Waals surface area contributed by atoms with Crippen LogP contribution in [0.4, 0.5) is 0 Å². The minimum Gasteiger partial charge on any atom is -0.0709 e. The Kier molecular flexibility index (Phi) is 7.35. The SMILES string of the molecule is CCCCC[SiH]1CCC(c2ccc(C=C(Cl)Cl)cc2)CC1. The van der Waals surface area contributed by atoms with Gasteiger partial charge in [0.15, 0.2) is 0 Å². The third-order valence-corrected chi connectivity index (χ3v) is 8.49. The molecule has 1 aromatic carbocycles. The van der Waals surface area contributed by atoms with Crippen molar-refractivity contribution in [2.24, 2.45) is 0 Å². The number of hydrogen-bond donors (Lipinski definition) is 0. The largest absolute Gasteiger partial charge is 0.107 e. The van der Waals surface area contributed by atoms with Crippen LogP contribution < -0.4 is 0 Å². The van der Waals surface area contributed by atoms with E-state index in [1.54, 1.807) is 24.2 Å². The highest BCUT2D eigenvalue weighted by Crippen LogP contribution is 2.35. The first-order valence-electron chi connectivity index (χ1n) is 8.31. The molecule has 1 heterocycles. The summed E-state index contributed by atoms with van der Waals surface area (Å²) in [6.07, 6.45) is 8.90. The van der Waals surface area contributed by atoms with Gasteiger partial charge in [-0.1, -0.05) is 91.8 Å². The van der Waals surface area contributed by atoms with Crippen LogP contribution >= 0.6 is 23.2 Å². The van der Waals surface area contributed by atoms with Gasteiger partial charge in [0.25, 0.3) is 0 Å². The van der Waals surface area contributed by atoms with Crippen molar-refractivity contribution in [3.8, 4) is 0 Å². The van der Waals surface area contributed by atoms with Gasteiger partial charge in [0.05, 0.1) is 0 Å².